The van der Waals surface area contributed by atoms with Gasteiger partial charge in [0.05, 0.1) is 22.8 Å². The van der Waals surface area contributed by atoms with Crippen LogP contribution in [0.15, 0.2) is 84.9 Å². The summed E-state index contributed by atoms with van der Waals surface area (Å²) in [5.74, 6) is 0. The number of hydrogen-bond donors (Lipinski definition) is 2. The molecular formula is C30H20N4. The highest BCUT2D eigenvalue weighted by Gasteiger charge is 2.17. The Morgan fingerprint density at radius 2 is 0.853 bits per heavy atom. The van der Waals surface area contributed by atoms with Crippen LogP contribution in [-0.2, 0) is 0 Å². The van der Waals surface area contributed by atoms with Crippen LogP contribution in [0.3, 0.4) is 0 Å². The molecule has 0 atom stereocenters. The molecule has 4 aliphatic rings. The van der Waals surface area contributed by atoms with E-state index in [4.69, 9.17) is 9.97 Å². The molecular weight excluding hydrogens is 416 g/mol. The van der Waals surface area contributed by atoms with Crippen molar-refractivity contribution in [1.29, 1.82) is 0 Å². The molecule has 3 aromatic rings. The Morgan fingerprint density at radius 3 is 1.26 bits per heavy atom. The Balaban J connectivity index is 1.62. The second-order valence-corrected chi connectivity index (χ2v) is 8.56. The molecule has 0 radical (unpaired) electrons. The van der Waals surface area contributed by atoms with Crippen LogP contribution in [-0.4, -0.2) is 19.9 Å². The normalized spacial score (nSPS) is 12.9. The summed E-state index contributed by atoms with van der Waals surface area (Å²) in [6, 6.07) is 25.2. The summed E-state index contributed by atoms with van der Waals surface area (Å²) in [7, 11) is 0. The van der Waals surface area contributed by atoms with Crippen LogP contribution in [0.5, 0.6) is 0 Å². The quantitative estimate of drug-likeness (QED) is 0.341. The Kier molecular flexibility index (Phi) is 4.11. The molecule has 0 saturated heterocycles. The largest absolute Gasteiger partial charge is 0.355 e. The number of nitrogens with one attached hydrogen (secondary N) is 2. The van der Waals surface area contributed by atoms with Crippen LogP contribution in [0, 0.1) is 0 Å². The van der Waals surface area contributed by atoms with Gasteiger partial charge in [-0.2, -0.15) is 0 Å². The van der Waals surface area contributed by atoms with Crippen molar-refractivity contribution >= 4 is 24.3 Å². The Morgan fingerprint density at radius 1 is 0.471 bits per heavy atom. The third-order valence-corrected chi connectivity index (χ3v) is 6.29. The molecule has 0 fully saturated rings. The number of rotatable bonds is 0. The minimum Gasteiger partial charge on any atom is -0.355 e. The van der Waals surface area contributed by atoms with Crippen molar-refractivity contribution in [2.45, 2.75) is 0 Å². The summed E-state index contributed by atoms with van der Waals surface area (Å²) < 4.78 is 0. The number of hydrogen-bond acceptors (Lipinski definition) is 2. The fourth-order valence-corrected chi connectivity index (χ4v) is 4.74. The zero-order valence-corrected chi connectivity index (χ0v) is 18.3. The molecule has 4 aliphatic heterocycles. The summed E-state index contributed by atoms with van der Waals surface area (Å²) in [5, 5.41) is 1.98. The summed E-state index contributed by atoms with van der Waals surface area (Å²) in [5.41, 5.74) is 10.3. The lowest BCUT2D eigenvalue weighted by atomic mass is 10.0. The average molecular weight is 437 g/mol. The number of H-pyrrole nitrogens is 2. The van der Waals surface area contributed by atoms with Gasteiger partial charge in [-0.1, -0.05) is 60.7 Å². The maximum Gasteiger partial charge on any atom is 0.0737 e. The predicted molar refractivity (Wildman–Crippen MR) is 139 cm³/mol. The van der Waals surface area contributed by atoms with Crippen molar-refractivity contribution in [1.82, 2.24) is 19.9 Å². The first-order chi connectivity index (χ1) is 16.8. The first-order valence-electron chi connectivity index (χ1n) is 11.3. The van der Waals surface area contributed by atoms with Gasteiger partial charge < -0.3 is 9.97 Å². The van der Waals surface area contributed by atoms with E-state index < -0.39 is 0 Å². The van der Waals surface area contributed by atoms with Gasteiger partial charge in [0.25, 0.3) is 0 Å². The topological polar surface area (TPSA) is 57.4 Å². The summed E-state index contributed by atoms with van der Waals surface area (Å²) in [6.45, 7) is 0. The van der Waals surface area contributed by atoms with E-state index in [0.717, 1.165) is 67.1 Å². The SMILES string of the molecule is C1=Cc2cc3nc(cc4[nH]c(cc5nc(cc([nH]2)=C1)-c1ccccc1-5)C=CC=4)-c1ccccc1-3. The molecule has 34 heavy (non-hydrogen) atoms. The van der Waals surface area contributed by atoms with E-state index in [-0.39, 0.29) is 0 Å². The van der Waals surface area contributed by atoms with Gasteiger partial charge in [-0.05, 0) is 48.6 Å². The Hall–Kier alpha value is -4.70. The van der Waals surface area contributed by atoms with E-state index in [2.05, 4.69) is 119 Å². The van der Waals surface area contributed by atoms with Crippen LogP contribution in [0.25, 0.3) is 69.3 Å². The van der Waals surface area contributed by atoms with Crippen LogP contribution in [0.2, 0.25) is 0 Å². The van der Waals surface area contributed by atoms with Gasteiger partial charge in [-0.25, -0.2) is 9.97 Å². The van der Waals surface area contributed by atoms with Gasteiger partial charge in [-0.3, -0.25) is 0 Å². The van der Waals surface area contributed by atoms with Gasteiger partial charge in [-0.15, -0.1) is 0 Å². The van der Waals surface area contributed by atoms with Crippen molar-refractivity contribution in [2.75, 3.05) is 0 Å². The molecule has 5 heterocycles. The monoisotopic (exact) mass is 436 g/mol. The first kappa shape index (κ1) is 18.8. The highest BCUT2D eigenvalue weighted by atomic mass is 14.8. The van der Waals surface area contributed by atoms with E-state index >= 15 is 0 Å². The number of nitrogens with zero attached hydrogens (tertiary/aromatic N) is 2. The first-order valence-corrected chi connectivity index (χ1v) is 11.3. The van der Waals surface area contributed by atoms with E-state index in [1.54, 1.807) is 0 Å². The molecule has 0 spiro atoms. The number of aromatic nitrogens is 4. The molecule has 8 bridgehead atoms. The van der Waals surface area contributed by atoms with Gasteiger partial charge >= 0.3 is 0 Å². The molecule has 7 rings (SSSR count). The van der Waals surface area contributed by atoms with Crippen LogP contribution < -0.4 is 10.7 Å². The molecule has 2 N–H and O–H groups in total. The number of allylic oxidation sites excluding steroid dienone is 2. The van der Waals surface area contributed by atoms with Crippen LogP contribution in [0.4, 0.5) is 0 Å². The van der Waals surface area contributed by atoms with Gasteiger partial charge in [0.2, 0.25) is 0 Å². The molecule has 0 saturated carbocycles. The minimum absolute atomic E-state index is 0.948. The van der Waals surface area contributed by atoms with Gasteiger partial charge in [0.15, 0.2) is 0 Å². The lowest BCUT2D eigenvalue weighted by molar-refractivity contribution is 1.22. The van der Waals surface area contributed by atoms with E-state index in [0.29, 0.717) is 0 Å². The summed E-state index contributed by atoms with van der Waals surface area (Å²) in [4.78, 5) is 17.1. The van der Waals surface area contributed by atoms with Crippen molar-refractivity contribution < 1.29 is 0 Å². The third-order valence-electron chi connectivity index (χ3n) is 6.29. The number of benzene rings is 2. The molecule has 4 nitrogen and oxygen atoms in total. The molecule has 0 aliphatic carbocycles. The predicted octanol–water partition coefficient (Wildman–Crippen LogP) is 5.42. The summed E-state index contributed by atoms with van der Waals surface area (Å²) in [6.07, 6.45) is 12.4. The minimum atomic E-state index is 0.948. The second kappa shape index (κ2) is 7.42. The number of fused-ring (bicyclic) bond motifs is 14. The fourth-order valence-electron chi connectivity index (χ4n) is 4.74. The second-order valence-electron chi connectivity index (χ2n) is 8.56. The van der Waals surface area contributed by atoms with Crippen LogP contribution in [0.1, 0.15) is 11.4 Å². The van der Waals surface area contributed by atoms with E-state index in [1.165, 1.54) is 0 Å². The number of aromatic amines is 2. The highest BCUT2D eigenvalue weighted by Crippen LogP contribution is 2.35. The summed E-state index contributed by atoms with van der Waals surface area (Å²) >= 11 is 0. The van der Waals surface area contributed by atoms with Crippen molar-refractivity contribution in [2.24, 2.45) is 0 Å². The van der Waals surface area contributed by atoms with Gasteiger partial charge in [0.1, 0.15) is 0 Å². The van der Waals surface area contributed by atoms with Crippen LogP contribution >= 0.6 is 0 Å². The Bertz CT molecular complexity index is 1630. The van der Waals surface area contributed by atoms with E-state index in [1.807, 2.05) is 0 Å². The smallest absolute Gasteiger partial charge is 0.0737 e. The highest BCUT2D eigenvalue weighted by molar-refractivity contribution is 5.86. The molecule has 1 aromatic heterocycles. The molecule has 2 aromatic carbocycles. The lowest BCUT2D eigenvalue weighted by Gasteiger charge is -2.01. The molecule has 0 unspecified atom stereocenters. The Labute approximate surface area is 196 Å². The fraction of sp³-hybridized carbons (Fsp3) is 0. The molecule has 160 valence electrons. The zero-order chi connectivity index (χ0) is 22.5. The van der Waals surface area contributed by atoms with Gasteiger partial charge in [0, 0.05) is 44.3 Å². The maximum atomic E-state index is 5.00. The lowest BCUT2D eigenvalue weighted by Crippen LogP contribution is -2.07. The van der Waals surface area contributed by atoms with Crippen molar-refractivity contribution in [3.8, 4) is 45.0 Å². The standard InChI is InChI=1S/C30H20N4/c1-2-12-24-23(11-1)27-15-19-7-5-9-21(31-19)17-29-25-13-3-4-14-26(25)30(34-29)18-22-10-6-8-20(32-22)16-28(24)33-27/h1-18,31-32H. The molecule has 4 heteroatoms. The van der Waals surface area contributed by atoms with E-state index in [9.17, 15) is 0 Å². The maximum absolute atomic E-state index is 5.00. The molecule has 0 amide bonds. The van der Waals surface area contributed by atoms with Crippen molar-refractivity contribution in [3.63, 3.8) is 0 Å². The van der Waals surface area contributed by atoms with Crippen molar-refractivity contribution in [3.05, 3.63) is 107 Å². The average Bonchev–Trinajstić information content (AvgIpc) is 3.37. The zero-order valence-electron chi connectivity index (χ0n) is 18.3. The third kappa shape index (κ3) is 3.16.